The number of anilines is 1. The summed E-state index contributed by atoms with van der Waals surface area (Å²) in [5.41, 5.74) is 5.40. The maximum Gasteiger partial charge on any atom is 0.191 e. The normalized spacial score (nSPS) is 18.6. The van der Waals surface area contributed by atoms with Crippen LogP contribution in [0.2, 0.25) is 0 Å². The van der Waals surface area contributed by atoms with E-state index in [1.807, 2.05) is 43.3 Å². The molecule has 0 saturated heterocycles. The molecule has 2 aromatic carbocycles. The van der Waals surface area contributed by atoms with Gasteiger partial charge in [0.25, 0.3) is 0 Å². The molecule has 0 radical (unpaired) electrons. The van der Waals surface area contributed by atoms with Gasteiger partial charge in [-0.15, -0.1) is 0 Å². The quantitative estimate of drug-likeness (QED) is 0.419. The van der Waals surface area contributed by atoms with Crippen LogP contribution in [0.5, 0.6) is 17.2 Å². The molecule has 0 saturated carbocycles. The Hall–Kier alpha value is -3.65. The van der Waals surface area contributed by atoms with Crippen molar-refractivity contribution in [2.24, 2.45) is 5.10 Å². The topological polar surface area (TPSA) is 88.0 Å². The number of nitrogens with zero attached hydrogens (tertiary/aromatic N) is 2. The molecule has 7 nitrogen and oxygen atoms in total. The van der Waals surface area contributed by atoms with Gasteiger partial charge in [0, 0.05) is 35.6 Å². The fourth-order valence-electron chi connectivity index (χ4n) is 3.41. The van der Waals surface area contributed by atoms with Crippen molar-refractivity contribution in [2.45, 2.75) is 18.9 Å². The number of nitrogens with one attached hydrogen (secondary N) is 2. The van der Waals surface area contributed by atoms with E-state index in [1.54, 1.807) is 37.7 Å². The molecule has 0 fully saturated rings. The third kappa shape index (κ3) is 4.59. The zero-order valence-corrected chi connectivity index (χ0v) is 17.9. The highest BCUT2D eigenvalue weighted by molar-refractivity contribution is 7.80. The van der Waals surface area contributed by atoms with Gasteiger partial charge in [-0.3, -0.25) is 10.4 Å². The monoisotopic (exact) mass is 434 g/mol. The summed E-state index contributed by atoms with van der Waals surface area (Å²) in [7, 11) is 1.62. The van der Waals surface area contributed by atoms with Gasteiger partial charge in [0.2, 0.25) is 0 Å². The number of hydrogen-bond donors (Lipinski definition) is 3. The van der Waals surface area contributed by atoms with Crippen LogP contribution in [0.25, 0.3) is 0 Å². The minimum Gasteiger partial charge on any atom is -0.508 e. The fourth-order valence-corrected chi connectivity index (χ4v) is 3.58. The van der Waals surface area contributed by atoms with Gasteiger partial charge < -0.3 is 19.9 Å². The zero-order chi connectivity index (χ0) is 21.8. The maximum atomic E-state index is 9.98. The second-order valence-electron chi connectivity index (χ2n) is 7.28. The average molecular weight is 435 g/mol. The molecule has 2 heterocycles. The lowest BCUT2D eigenvalue weighted by Gasteiger charge is -2.36. The lowest BCUT2D eigenvalue weighted by molar-refractivity contribution is 0.0882. The average Bonchev–Trinajstić information content (AvgIpc) is 2.79. The van der Waals surface area contributed by atoms with Crippen molar-refractivity contribution in [2.75, 3.05) is 12.4 Å². The Morgan fingerprint density at radius 1 is 1.23 bits per heavy atom. The first-order chi connectivity index (χ1) is 15.0. The molecule has 0 amide bonds. The van der Waals surface area contributed by atoms with Gasteiger partial charge in [-0.2, -0.15) is 5.10 Å². The van der Waals surface area contributed by atoms with Crippen molar-refractivity contribution >= 4 is 28.7 Å². The van der Waals surface area contributed by atoms with Crippen molar-refractivity contribution in [1.29, 1.82) is 0 Å². The lowest BCUT2D eigenvalue weighted by Crippen LogP contribution is -2.38. The fraction of sp³-hybridized carbons (Fsp3) is 0.174. The number of phenols is 1. The van der Waals surface area contributed by atoms with Gasteiger partial charge >= 0.3 is 0 Å². The number of aromatic hydroxyl groups is 1. The van der Waals surface area contributed by atoms with Gasteiger partial charge in [0.05, 0.1) is 12.8 Å². The largest absolute Gasteiger partial charge is 0.508 e. The number of methoxy groups -OCH3 is 1. The minimum absolute atomic E-state index is 0.138. The summed E-state index contributed by atoms with van der Waals surface area (Å²) in [5.74, 6) is 1.53. The van der Waals surface area contributed by atoms with E-state index in [0.717, 1.165) is 17.0 Å². The molecule has 4 rings (SSSR count). The maximum absolute atomic E-state index is 9.98. The Bertz CT molecular complexity index is 1120. The van der Waals surface area contributed by atoms with Gasteiger partial charge in [0.1, 0.15) is 22.8 Å². The summed E-state index contributed by atoms with van der Waals surface area (Å²) in [4.78, 5) is 4.22. The van der Waals surface area contributed by atoms with Crippen LogP contribution >= 0.6 is 12.2 Å². The van der Waals surface area contributed by atoms with E-state index in [4.69, 9.17) is 21.7 Å². The molecule has 1 aliphatic rings. The number of thiocarbonyl (C=S) groups is 1. The van der Waals surface area contributed by atoms with Crippen LogP contribution in [0.4, 0.5) is 5.69 Å². The van der Waals surface area contributed by atoms with Crippen LogP contribution in [0.15, 0.2) is 72.1 Å². The SMILES string of the molecule is COc1ccc(NC(=S)N/N=C2\CC(C)(c3cccnc3)Oc3ccc(O)cc32)cc1. The number of benzene rings is 2. The molecule has 1 atom stereocenters. The standard InChI is InChI=1S/C23H22N4O3S/c1-23(15-4-3-11-24-14-15)13-20(19-12-17(28)7-10-21(19)30-23)26-27-22(31)25-16-5-8-18(29-2)9-6-16/h3-12,14,28H,13H2,1-2H3,(H2,25,27,31)/b26-20+. The van der Waals surface area contributed by atoms with Crippen LogP contribution in [0.1, 0.15) is 24.5 Å². The van der Waals surface area contributed by atoms with E-state index in [2.05, 4.69) is 20.8 Å². The third-order valence-electron chi connectivity index (χ3n) is 5.03. The summed E-state index contributed by atoms with van der Waals surface area (Å²) in [6.07, 6.45) is 3.97. The Morgan fingerprint density at radius 3 is 2.74 bits per heavy atom. The third-order valence-corrected chi connectivity index (χ3v) is 5.22. The van der Waals surface area contributed by atoms with E-state index in [1.165, 1.54) is 0 Å². The van der Waals surface area contributed by atoms with Crippen molar-refractivity contribution in [3.63, 3.8) is 0 Å². The van der Waals surface area contributed by atoms with Crippen LogP contribution in [0, 0.1) is 0 Å². The molecule has 158 valence electrons. The second-order valence-corrected chi connectivity index (χ2v) is 7.69. The molecule has 1 aromatic heterocycles. The lowest BCUT2D eigenvalue weighted by atomic mass is 9.86. The van der Waals surface area contributed by atoms with Gasteiger partial charge in [0.15, 0.2) is 5.11 Å². The number of phenolic OH excluding ortho intramolecular Hbond substituents is 1. The Balaban J connectivity index is 1.58. The van der Waals surface area contributed by atoms with Crippen LogP contribution < -0.4 is 20.2 Å². The summed E-state index contributed by atoms with van der Waals surface area (Å²) < 4.78 is 11.5. The van der Waals surface area contributed by atoms with Crippen LogP contribution in [0.3, 0.4) is 0 Å². The first-order valence-corrected chi connectivity index (χ1v) is 10.1. The molecule has 1 unspecified atom stereocenters. The summed E-state index contributed by atoms with van der Waals surface area (Å²) in [6.45, 7) is 1.99. The molecule has 3 N–H and O–H groups in total. The van der Waals surface area contributed by atoms with E-state index >= 15 is 0 Å². The smallest absolute Gasteiger partial charge is 0.191 e. The Labute approximate surface area is 185 Å². The molecule has 0 spiro atoms. The Morgan fingerprint density at radius 2 is 2.03 bits per heavy atom. The summed E-state index contributed by atoms with van der Waals surface area (Å²) in [6, 6.07) is 16.2. The molecule has 1 aliphatic heterocycles. The van der Waals surface area contributed by atoms with Gasteiger partial charge in [-0.05, 0) is 67.7 Å². The second kappa shape index (κ2) is 8.61. The molecule has 31 heavy (non-hydrogen) atoms. The zero-order valence-electron chi connectivity index (χ0n) is 17.1. The van der Waals surface area contributed by atoms with E-state index < -0.39 is 5.60 Å². The van der Waals surface area contributed by atoms with E-state index in [-0.39, 0.29) is 5.75 Å². The number of rotatable bonds is 4. The van der Waals surface area contributed by atoms with Gasteiger partial charge in [-0.1, -0.05) is 6.07 Å². The predicted octanol–water partition coefficient (Wildman–Crippen LogP) is 4.18. The van der Waals surface area contributed by atoms with Crippen molar-refractivity contribution in [3.05, 3.63) is 78.1 Å². The number of fused-ring (bicyclic) bond motifs is 1. The van der Waals surface area contributed by atoms with Gasteiger partial charge in [-0.25, -0.2) is 0 Å². The van der Waals surface area contributed by atoms with Crippen LogP contribution in [-0.4, -0.2) is 28.0 Å². The highest BCUT2D eigenvalue weighted by Gasteiger charge is 2.37. The number of pyridine rings is 1. The summed E-state index contributed by atoms with van der Waals surface area (Å²) >= 11 is 5.39. The first-order valence-electron chi connectivity index (χ1n) is 9.67. The molecular weight excluding hydrogens is 412 g/mol. The van der Waals surface area contributed by atoms with Crippen LogP contribution in [-0.2, 0) is 5.60 Å². The first kappa shape index (κ1) is 20.6. The van der Waals surface area contributed by atoms with E-state index in [9.17, 15) is 5.11 Å². The van der Waals surface area contributed by atoms with E-state index in [0.29, 0.717) is 28.6 Å². The summed E-state index contributed by atoms with van der Waals surface area (Å²) in [5, 5.41) is 18.0. The predicted molar refractivity (Wildman–Crippen MR) is 124 cm³/mol. The number of aromatic nitrogens is 1. The highest BCUT2D eigenvalue weighted by Crippen LogP contribution is 2.40. The van der Waals surface area contributed by atoms with Crippen molar-refractivity contribution in [1.82, 2.24) is 10.4 Å². The molecule has 8 heteroatoms. The minimum atomic E-state index is -0.663. The van der Waals surface area contributed by atoms with Crippen molar-refractivity contribution in [3.8, 4) is 17.2 Å². The molecule has 0 bridgehead atoms. The number of hydrogen-bond acceptors (Lipinski definition) is 6. The number of hydrazone groups is 1. The molecule has 3 aromatic rings. The molecular formula is C23H22N4O3S. The highest BCUT2D eigenvalue weighted by atomic mass is 32.1. The molecule has 0 aliphatic carbocycles. The number of ether oxygens (including phenoxy) is 2. The Kier molecular flexibility index (Phi) is 5.73. The van der Waals surface area contributed by atoms with Crippen molar-refractivity contribution < 1.29 is 14.6 Å².